The second kappa shape index (κ2) is 5.35. The third-order valence-corrected chi connectivity index (χ3v) is 5.11. The highest BCUT2D eigenvalue weighted by molar-refractivity contribution is 5.66. The molecule has 1 radical (unpaired) electrons. The van der Waals surface area contributed by atoms with Crippen LogP contribution in [0.25, 0.3) is 23.3 Å². The zero-order chi connectivity index (χ0) is 15.9. The van der Waals surface area contributed by atoms with E-state index in [0.717, 1.165) is 12.8 Å². The summed E-state index contributed by atoms with van der Waals surface area (Å²) in [5.41, 5.74) is 5.44. The maximum atomic E-state index is 3.37. The van der Waals surface area contributed by atoms with Gasteiger partial charge < -0.3 is 0 Å². The lowest BCUT2D eigenvalue weighted by molar-refractivity contribution is 1.10. The second-order valence-electron chi connectivity index (χ2n) is 6.41. The van der Waals surface area contributed by atoms with E-state index in [4.69, 9.17) is 0 Å². The van der Waals surface area contributed by atoms with E-state index < -0.39 is 0 Å². The Morgan fingerprint density at radius 3 is 2.71 bits per heavy atom. The number of benzene rings is 3. The summed E-state index contributed by atoms with van der Waals surface area (Å²) in [6.45, 7) is 0. The summed E-state index contributed by atoms with van der Waals surface area (Å²) >= 11 is 0. The quantitative estimate of drug-likeness (QED) is 0.643. The summed E-state index contributed by atoms with van der Waals surface area (Å²) in [5.74, 6) is 0. The molecule has 0 atom stereocenters. The maximum Gasteiger partial charge on any atom is -0.00788 e. The summed E-state index contributed by atoms with van der Waals surface area (Å²) in [4.78, 5) is 0. The number of fused-ring (bicyclic) bond motifs is 4. The first kappa shape index (κ1) is 13.6. The summed E-state index contributed by atoms with van der Waals surface area (Å²) < 4.78 is 0. The molecular formula is C24H17. The van der Waals surface area contributed by atoms with Crippen molar-refractivity contribution >= 4 is 12.2 Å². The minimum Gasteiger partial charge on any atom is -0.0801 e. The molecular weight excluding hydrogens is 288 g/mol. The van der Waals surface area contributed by atoms with Crippen molar-refractivity contribution in [1.82, 2.24) is 0 Å². The van der Waals surface area contributed by atoms with Gasteiger partial charge in [-0.15, -0.1) is 0 Å². The third-order valence-electron chi connectivity index (χ3n) is 5.11. The van der Waals surface area contributed by atoms with Crippen LogP contribution in [0.3, 0.4) is 0 Å². The van der Waals surface area contributed by atoms with E-state index in [-0.39, 0.29) is 0 Å². The third kappa shape index (κ3) is 2.00. The van der Waals surface area contributed by atoms with Crippen LogP contribution in [-0.4, -0.2) is 0 Å². The molecule has 0 heteroatoms. The second-order valence-corrected chi connectivity index (χ2v) is 6.41. The van der Waals surface area contributed by atoms with Gasteiger partial charge in [0, 0.05) is 0 Å². The van der Waals surface area contributed by atoms with Crippen LogP contribution in [0.15, 0.2) is 66.7 Å². The van der Waals surface area contributed by atoms with Crippen molar-refractivity contribution in [2.45, 2.75) is 12.8 Å². The van der Waals surface area contributed by atoms with Crippen molar-refractivity contribution in [2.75, 3.05) is 0 Å². The largest absolute Gasteiger partial charge is 0.0801 e. The van der Waals surface area contributed by atoms with E-state index >= 15 is 0 Å². The van der Waals surface area contributed by atoms with Gasteiger partial charge in [0.25, 0.3) is 0 Å². The fourth-order valence-corrected chi connectivity index (χ4v) is 3.97. The van der Waals surface area contributed by atoms with E-state index in [2.05, 4.69) is 72.8 Å². The molecule has 0 nitrogen and oxygen atoms in total. The van der Waals surface area contributed by atoms with Gasteiger partial charge in [-0.3, -0.25) is 0 Å². The minimum atomic E-state index is 1.01. The van der Waals surface area contributed by atoms with Gasteiger partial charge in [-0.2, -0.15) is 0 Å². The summed E-state index contributed by atoms with van der Waals surface area (Å²) in [7, 11) is 0. The molecule has 0 fully saturated rings. The van der Waals surface area contributed by atoms with Crippen molar-refractivity contribution in [2.24, 2.45) is 0 Å². The minimum absolute atomic E-state index is 1.01. The molecule has 0 N–H and O–H groups in total. The number of hydrogen-bond acceptors (Lipinski definition) is 0. The van der Waals surface area contributed by atoms with Crippen LogP contribution in [0.1, 0.15) is 11.1 Å². The first-order valence-corrected chi connectivity index (χ1v) is 8.50. The van der Waals surface area contributed by atoms with Crippen LogP contribution < -0.4 is 10.4 Å². The Hall–Kier alpha value is -2.86. The normalized spacial score (nSPS) is 14.0. The molecule has 0 saturated heterocycles. The van der Waals surface area contributed by atoms with E-state index in [1.54, 1.807) is 0 Å². The van der Waals surface area contributed by atoms with Gasteiger partial charge in [-0.25, -0.2) is 0 Å². The molecule has 0 aromatic heterocycles. The van der Waals surface area contributed by atoms with Crippen LogP contribution in [0, 0.1) is 16.5 Å². The zero-order valence-corrected chi connectivity index (χ0v) is 13.4. The Labute approximate surface area is 141 Å². The number of rotatable bonds is 1. The van der Waals surface area contributed by atoms with Crippen LogP contribution >= 0.6 is 0 Å². The molecule has 0 amide bonds. The summed E-state index contributed by atoms with van der Waals surface area (Å²) in [5, 5.41) is 5.47. The zero-order valence-electron chi connectivity index (χ0n) is 13.4. The molecule has 0 unspecified atom stereocenters. The molecule has 0 saturated carbocycles. The highest BCUT2D eigenvalue weighted by Gasteiger charge is 2.11. The lowest BCUT2D eigenvalue weighted by atomic mass is 9.89. The van der Waals surface area contributed by atoms with Gasteiger partial charge in [-0.05, 0) is 62.0 Å². The predicted octanol–water partition coefficient (Wildman–Crippen LogP) is 3.67. The average molecular weight is 305 g/mol. The topological polar surface area (TPSA) is 0 Å². The van der Waals surface area contributed by atoms with Crippen molar-refractivity contribution in [3.05, 3.63) is 105 Å². The van der Waals surface area contributed by atoms with Gasteiger partial charge in [0.05, 0.1) is 0 Å². The fourth-order valence-electron chi connectivity index (χ4n) is 3.97. The smallest absolute Gasteiger partial charge is 0.00788 e. The Morgan fingerprint density at radius 2 is 1.79 bits per heavy atom. The molecule has 113 valence electrons. The highest BCUT2D eigenvalue weighted by atomic mass is 14.1. The van der Waals surface area contributed by atoms with E-state index in [1.165, 1.54) is 43.1 Å². The molecule has 0 bridgehead atoms. The first-order valence-electron chi connectivity index (χ1n) is 8.50. The fraction of sp³-hybridized carbons (Fsp3) is 0.0833. The molecule has 24 heavy (non-hydrogen) atoms. The lowest BCUT2D eigenvalue weighted by Crippen LogP contribution is -2.19. The average Bonchev–Trinajstić information content (AvgIpc) is 2.67. The summed E-state index contributed by atoms with van der Waals surface area (Å²) in [6, 6.07) is 22.8. The number of allylic oxidation sites excluding steroid dienone is 2. The molecule has 3 aromatic rings. The van der Waals surface area contributed by atoms with Crippen LogP contribution in [-0.2, 0) is 12.8 Å². The molecule has 2 aliphatic rings. The van der Waals surface area contributed by atoms with Crippen LogP contribution in [0.5, 0.6) is 0 Å². The van der Waals surface area contributed by atoms with Crippen molar-refractivity contribution in [3.8, 4) is 11.1 Å². The van der Waals surface area contributed by atoms with Crippen molar-refractivity contribution < 1.29 is 0 Å². The van der Waals surface area contributed by atoms with E-state index in [9.17, 15) is 0 Å². The van der Waals surface area contributed by atoms with Gasteiger partial charge in [0.15, 0.2) is 0 Å². The van der Waals surface area contributed by atoms with Gasteiger partial charge >= 0.3 is 0 Å². The molecule has 0 aliphatic heterocycles. The molecule has 0 spiro atoms. The Balaban J connectivity index is 1.91. The number of hydrogen-bond donors (Lipinski definition) is 0. The van der Waals surface area contributed by atoms with Gasteiger partial charge in [-0.1, -0.05) is 78.9 Å². The molecule has 3 aromatic carbocycles. The van der Waals surface area contributed by atoms with Crippen LogP contribution in [0.2, 0.25) is 0 Å². The van der Waals surface area contributed by atoms with E-state index in [1.807, 2.05) is 12.1 Å². The molecule has 0 heterocycles. The highest BCUT2D eigenvalue weighted by Crippen LogP contribution is 2.19. The van der Waals surface area contributed by atoms with Crippen molar-refractivity contribution in [1.29, 1.82) is 0 Å². The monoisotopic (exact) mass is 305 g/mol. The van der Waals surface area contributed by atoms with E-state index in [0.29, 0.717) is 0 Å². The first-order chi connectivity index (χ1) is 11.9. The lowest BCUT2D eigenvalue weighted by Gasteiger charge is -2.15. The molecule has 5 rings (SSSR count). The van der Waals surface area contributed by atoms with Crippen molar-refractivity contribution in [3.63, 3.8) is 0 Å². The summed E-state index contributed by atoms with van der Waals surface area (Å²) in [6.07, 6.45) is 11.1. The SMILES string of the molecule is [c]1ccccc1-c1cccc2c1=CCc1c3c(ccc1=2)=CC=CC3. The Morgan fingerprint density at radius 1 is 0.792 bits per heavy atom. The Bertz CT molecular complexity index is 1180. The standard InChI is InChI=1S/C24H17/c1-2-7-17(8-3-1)20-11-6-12-21-22(20)15-16-23-19-10-5-4-9-18(19)13-14-24(21)23/h1-7,9,11-15H,10,16H2. The van der Waals surface area contributed by atoms with Gasteiger partial charge in [0.2, 0.25) is 0 Å². The maximum absolute atomic E-state index is 3.37. The Kier molecular flexibility index (Phi) is 3.02. The van der Waals surface area contributed by atoms with Crippen LogP contribution in [0.4, 0.5) is 0 Å². The predicted molar refractivity (Wildman–Crippen MR) is 99.6 cm³/mol. The van der Waals surface area contributed by atoms with Gasteiger partial charge in [0.1, 0.15) is 0 Å². The molecule has 2 aliphatic carbocycles.